The number of phenols is 2. The van der Waals surface area contributed by atoms with Crippen molar-refractivity contribution in [3.8, 4) is 17.2 Å². The fourth-order valence-electron chi connectivity index (χ4n) is 5.59. The molecule has 3 atom stereocenters. The van der Waals surface area contributed by atoms with Crippen LogP contribution in [0.3, 0.4) is 0 Å². The van der Waals surface area contributed by atoms with Gasteiger partial charge in [0.15, 0.2) is 11.5 Å². The van der Waals surface area contributed by atoms with Crippen molar-refractivity contribution in [3.63, 3.8) is 0 Å². The molecule has 0 radical (unpaired) electrons. The lowest BCUT2D eigenvalue weighted by Crippen LogP contribution is -2.47. The number of carbonyl (C=O) groups is 2. The number of para-hydroxylation sites is 1. The Kier molecular flexibility index (Phi) is 12.1. The van der Waals surface area contributed by atoms with Crippen LogP contribution in [0.4, 0.5) is 5.69 Å². The fourth-order valence-corrected chi connectivity index (χ4v) is 5.72. The van der Waals surface area contributed by atoms with Gasteiger partial charge in [0.2, 0.25) is 5.91 Å². The number of hydrogen-bond donors (Lipinski definition) is 6. The number of hydrogen-bond acceptors (Lipinski definition) is 11. The summed E-state index contributed by atoms with van der Waals surface area (Å²) in [5, 5.41) is 25.5. The van der Waals surface area contributed by atoms with Crippen LogP contribution >= 0.6 is 11.6 Å². The lowest BCUT2D eigenvalue weighted by atomic mass is 9.99. The van der Waals surface area contributed by atoms with Gasteiger partial charge in [-0.05, 0) is 56.3 Å². The number of nitrogens with one attached hydrogen (secondary N) is 4. The lowest BCUT2D eigenvalue weighted by molar-refractivity contribution is -0.121. The number of hydrazine groups is 1. The molecule has 14 heteroatoms. The first-order chi connectivity index (χ1) is 23.3. The Morgan fingerprint density at radius 3 is 2.48 bits per heavy atom. The Bertz CT molecular complexity index is 1610. The van der Waals surface area contributed by atoms with Crippen LogP contribution in [0.1, 0.15) is 41.8 Å². The molecule has 0 saturated carbocycles. The molecule has 2 heterocycles. The molecular weight excluding hydrogens is 640 g/mol. The van der Waals surface area contributed by atoms with Gasteiger partial charge in [-0.15, -0.1) is 0 Å². The summed E-state index contributed by atoms with van der Waals surface area (Å²) in [6, 6.07) is 17.2. The minimum absolute atomic E-state index is 0.00855. The normalized spacial score (nSPS) is 18.4. The Balaban J connectivity index is 1.16. The predicted octanol–water partition coefficient (Wildman–Crippen LogP) is 2.93. The highest BCUT2D eigenvalue weighted by molar-refractivity contribution is 6.30. The number of amides is 2. The number of halogens is 1. The molecule has 1 fully saturated rings. The molecule has 1 saturated heterocycles. The van der Waals surface area contributed by atoms with Gasteiger partial charge in [-0.3, -0.25) is 14.6 Å². The Labute approximate surface area is 284 Å². The van der Waals surface area contributed by atoms with Crippen molar-refractivity contribution < 1.29 is 34.0 Å². The monoisotopic (exact) mass is 680 g/mol. The van der Waals surface area contributed by atoms with Crippen LogP contribution in [-0.4, -0.2) is 92.2 Å². The Hall–Kier alpha value is -4.40. The number of aromatic hydroxyl groups is 2. The van der Waals surface area contributed by atoms with E-state index in [4.69, 9.17) is 30.8 Å². The van der Waals surface area contributed by atoms with Gasteiger partial charge in [-0.2, -0.15) is 0 Å². The summed E-state index contributed by atoms with van der Waals surface area (Å²) in [4.78, 5) is 32.3. The first-order valence-electron chi connectivity index (χ1n) is 15.9. The van der Waals surface area contributed by atoms with Crippen molar-refractivity contribution in [1.29, 1.82) is 0 Å². The van der Waals surface area contributed by atoms with Crippen LogP contribution in [-0.2, 0) is 14.3 Å². The van der Waals surface area contributed by atoms with Gasteiger partial charge >= 0.3 is 0 Å². The van der Waals surface area contributed by atoms with E-state index in [2.05, 4.69) is 33.3 Å². The summed E-state index contributed by atoms with van der Waals surface area (Å²) in [5.74, 6) is -0.742. The van der Waals surface area contributed by atoms with E-state index in [0.717, 1.165) is 22.5 Å². The van der Waals surface area contributed by atoms with Crippen molar-refractivity contribution in [2.45, 2.75) is 38.6 Å². The maximum absolute atomic E-state index is 12.7. The number of aliphatic imine (C=N–C) groups is 1. The van der Waals surface area contributed by atoms with Gasteiger partial charge in [0.05, 0.1) is 56.3 Å². The van der Waals surface area contributed by atoms with Crippen molar-refractivity contribution >= 4 is 34.8 Å². The number of rotatable bonds is 15. The first kappa shape index (κ1) is 34.9. The van der Waals surface area contributed by atoms with E-state index in [9.17, 15) is 19.8 Å². The third-order valence-corrected chi connectivity index (χ3v) is 8.12. The minimum atomic E-state index is -0.507. The number of anilines is 1. The molecule has 0 bridgehead atoms. The second-order valence-electron chi connectivity index (χ2n) is 11.2. The van der Waals surface area contributed by atoms with Crippen LogP contribution < -0.4 is 31.1 Å². The van der Waals surface area contributed by atoms with Crippen molar-refractivity contribution in [2.75, 3.05) is 51.0 Å². The Morgan fingerprint density at radius 1 is 0.958 bits per heavy atom. The molecule has 0 aliphatic carbocycles. The van der Waals surface area contributed by atoms with Crippen molar-refractivity contribution in [2.24, 2.45) is 4.99 Å². The molecule has 13 nitrogen and oxygen atoms in total. The molecule has 2 unspecified atom stereocenters. The van der Waals surface area contributed by atoms with E-state index < -0.39 is 11.7 Å². The summed E-state index contributed by atoms with van der Waals surface area (Å²) in [5.41, 5.74) is 10.1. The number of phenolic OH excluding ortho intramolecular Hbond substituents is 2. The standard InChI is InChI=1S/C34H41ClN6O7/c1-3-36-30(43)20-27-33-40-39-21(2)41(33)28-12-11-24(19-26(28)31(38-27)22-7-9-23(35)10-8-22)48-18-17-47-16-15-46-14-13-37-34(45)25-5-4-6-29(42)32(25)44/h4-12,19,21,27,33,39-40,42,44H,3,13-18,20H2,1-2H3,(H,36,43)(H,37,45)/t21?,27-,33?/m0/s1. The zero-order valence-corrected chi connectivity index (χ0v) is 27.6. The molecule has 6 N–H and O–H groups in total. The minimum Gasteiger partial charge on any atom is -0.504 e. The number of nitrogens with zero attached hydrogens (tertiary/aromatic N) is 2. The number of ether oxygens (including phenoxy) is 3. The van der Waals surface area contributed by atoms with Gasteiger partial charge in [-0.1, -0.05) is 29.8 Å². The highest BCUT2D eigenvalue weighted by atomic mass is 35.5. The highest BCUT2D eigenvalue weighted by Crippen LogP contribution is 2.36. The second-order valence-corrected chi connectivity index (χ2v) is 11.6. The lowest BCUT2D eigenvalue weighted by Gasteiger charge is -2.31. The smallest absolute Gasteiger partial charge is 0.255 e. The van der Waals surface area contributed by atoms with Gasteiger partial charge in [0, 0.05) is 34.9 Å². The molecule has 48 heavy (non-hydrogen) atoms. The fraction of sp³-hybridized carbons (Fsp3) is 0.382. The van der Waals surface area contributed by atoms with Gasteiger partial charge < -0.3 is 40.0 Å². The van der Waals surface area contributed by atoms with E-state index in [1.165, 1.54) is 18.2 Å². The van der Waals surface area contributed by atoms with Crippen LogP contribution in [0.2, 0.25) is 5.02 Å². The predicted molar refractivity (Wildman–Crippen MR) is 182 cm³/mol. The van der Waals surface area contributed by atoms with Gasteiger partial charge in [-0.25, -0.2) is 10.9 Å². The summed E-state index contributed by atoms with van der Waals surface area (Å²) in [6.45, 7) is 6.27. The summed E-state index contributed by atoms with van der Waals surface area (Å²) in [7, 11) is 0. The molecule has 0 aromatic heterocycles. The maximum atomic E-state index is 12.7. The SMILES string of the molecule is CCNC(=O)C[C@@H]1N=C(c2ccc(Cl)cc2)c2cc(OCCOCCOCCNC(=O)c3cccc(O)c3O)ccc2N2C(C)NNC12. The van der Waals surface area contributed by atoms with Crippen LogP contribution in [0.15, 0.2) is 65.7 Å². The quantitative estimate of drug-likeness (QED) is 0.104. The summed E-state index contributed by atoms with van der Waals surface area (Å²) < 4.78 is 17.2. The van der Waals surface area contributed by atoms with E-state index in [1.54, 1.807) is 0 Å². The average molecular weight is 681 g/mol. The largest absolute Gasteiger partial charge is 0.504 e. The zero-order valence-electron chi connectivity index (χ0n) is 26.9. The summed E-state index contributed by atoms with van der Waals surface area (Å²) in [6.07, 6.45) is -0.100. The van der Waals surface area contributed by atoms with Gasteiger partial charge in [0.25, 0.3) is 5.91 Å². The molecule has 256 valence electrons. The molecule has 0 spiro atoms. The molecule has 2 amide bonds. The molecule has 3 aromatic rings. The van der Waals surface area contributed by atoms with Crippen molar-refractivity contribution in [3.05, 3.63) is 82.4 Å². The van der Waals surface area contributed by atoms with Crippen LogP contribution in [0.5, 0.6) is 17.2 Å². The molecule has 2 aliphatic heterocycles. The zero-order chi connectivity index (χ0) is 34.0. The number of carbonyl (C=O) groups excluding carboxylic acids is 2. The molecule has 3 aromatic carbocycles. The highest BCUT2D eigenvalue weighted by Gasteiger charge is 2.40. The van der Waals surface area contributed by atoms with Crippen LogP contribution in [0, 0.1) is 0 Å². The average Bonchev–Trinajstić information content (AvgIpc) is 3.40. The number of fused-ring (bicyclic) bond motifs is 3. The molecular formula is C34H41ClN6O7. The van der Waals surface area contributed by atoms with Gasteiger partial charge in [0.1, 0.15) is 18.5 Å². The molecule has 5 rings (SSSR count). The van der Waals surface area contributed by atoms with Crippen LogP contribution in [0.25, 0.3) is 0 Å². The third kappa shape index (κ3) is 8.54. The number of benzene rings is 3. The molecule has 2 aliphatic rings. The van der Waals surface area contributed by atoms with Crippen molar-refractivity contribution in [1.82, 2.24) is 21.5 Å². The maximum Gasteiger partial charge on any atom is 0.255 e. The topological polar surface area (TPSA) is 166 Å². The first-order valence-corrected chi connectivity index (χ1v) is 16.3. The van der Waals surface area contributed by atoms with E-state index >= 15 is 0 Å². The summed E-state index contributed by atoms with van der Waals surface area (Å²) >= 11 is 6.22. The second kappa shape index (κ2) is 16.6. The third-order valence-electron chi connectivity index (χ3n) is 7.86. The Morgan fingerprint density at radius 2 is 1.71 bits per heavy atom. The van der Waals surface area contributed by atoms with E-state index in [-0.39, 0.29) is 55.2 Å². The van der Waals surface area contributed by atoms with E-state index in [0.29, 0.717) is 43.7 Å². The van der Waals surface area contributed by atoms with E-state index in [1.807, 2.05) is 49.4 Å².